The third-order valence-corrected chi connectivity index (χ3v) is 3.12. The molecule has 1 aromatic rings. The van der Waals surface area contributed by atoms with Gasteiger partial charge in [0.2, 0.25) is 0 Å². The highest BCUT2D eigenvalue weighted by Gasteiger charge is 2.35. The first-order valence-corrected chi connectivity index (χ1v) is 5.42. The van der Waals surface area contributed by atoms with E-state index in [2.05, 4.69) is 12.1 Å². The molecule has 1 aliphatic carbocycles. The molecule has 0 aliphatic heterocycles. The number of Topliss-reactive ketones (excluding diaryl/α,β-unsaturated/α-hetero) is 1. The topological polar surface area (TPSA) is 26.3 Å². The summed E-state index contributed by atoms with van der Waals surface area (Å²) in [6, 6.07) is 10.1. The van der Waals surface area contributed by atoms with Crippen molar-refractivity contribution in [2.24, 2.45) is 11.8 Å². The summed E-state index contributed by atoms with van der Waals surface area (Å²) < 4.78 is 5.59. The minimum Gasteiger partial charge on any atom is -0.376 e. The summed E-state index contributed by atoms with van der Waals surface area (Å²) in [5, 5.41) is 0. The molecule has 1 aromatic carbocycles. The van der Waals surface area contributed by atoms with Crippen molar-refractivity contribution in [3.05, 3.63) is 35.9 Å². The maximum absolute atomic E-state index is 11.0. The highest BCUT2D eigenvalue weighted by Crippen LogP contribution is 2.30. The van der Waals surface area contributed by atoms with Crippen molar-refractivity contribution in [3.63, 3.8) is 0 Å². The molecule has 0 aromatic heterocycles. The Morgan fingerprint density at radius 2 is 2.07 bits per heavy atom. The minimum absolute atomic E-state index is 0.209. The number of ketones is 1. The summed E-state index contributed by atoms with van der Waals surface area (Å²) in [5.41, 5.74) is 1.19. The largest absolute Gasteiger partial charge is 0.376 e. The molecule has 2 heteroatoms. The average molecular weight is 204 g/mol. The Balaban J connectivity index is 1.70. The highest BCUT2D eigenvalue weighted by molar-refractivity contribution is 5.86. The van der Waals surface area contributed by atoms with Crippen LogP contribution in [-0.2, 0) is 16.1 Å². The van der Waals surface area contributed by atoms with Crippen molar-refractivity contribution in [1.29, 1.82) is 0 Å². The van der Waals surface area contributed by atoms with Gasteiger partial charge < -0.3 is 4.74 Å². The van der Waals surface area contributed by atoms with E-state index in [0.717, 1.165) is 0 Å². The van der Waals surface area contributed by atoms with Crippen molar-refractivity contribution >= 4 is 5.78 Å². The smallest absolute Gasteiger partial charge is 0.136 e. The van der Waals surface area contributed by atoms with Crippen LogP contribution in [0.15, 0.2) is 30.3 Å². The molecule has 2 rings (SSSR count). The number of carbonyl (C=O) groups is 1. The second kappa shape index (κ2) is 4.58. The molecule has 2 atom stereocenters. The van der Waals surface area contributed by atoms with Crippen molar-refractivity contribution in [2.75, 3.05) is 6.61 Å². The summed E-state index contributed by atoms with van der Waals surface area (Å²) in [4.78, 5) is 11.0. The minimum atomic E-state index is 0.209. The quantitative estimate of drug-likeness (QED) is 0.753. The van der Waals surface area contributed by atoms with E-state index in [9.17, 15) is 4.79 Å². The lowest BCUT2D eigenvalue weighted by atomic mass is 9.74. The van der Waals surface area contributed by atoms with Gasteiger partial charge in [0.05, 0.1) is 13.2 Å². The first kappa shape index (κ1) is 10.4. The summed E-state index contributed by atoms with van der Waals surface area (Å²) >= 11 is 0. The van der Waals surface area contributed by atoms with Crippen LogP contribution in [0, 0.1) is 11.8 Å². The molecule has 0 bridgehead atoms. The fourth-order valence-electron chi connectivity index (χ4n) is 1.83. The zero-order valence-corrected chi connectivity index (χ0v) is 8.98. The highest BCUT2D eigenvalue weighted by atomic mass is 16.5. The van der Waals surface area contributed by atoms with Crippen molar-refractivity contribution in [3.8, 4) is 0 Å². The van der Waals surface area contributed by atoms with E-state index >= 15 is 0 Å². The fourth-order valence-corrected chi connectivity index (χ4v) is 1.83. The van der Waals surface area contributed by atoms with Gasteiger partial charge in [-0.25, -0.2) is 0 Å². The summed E-state index contributed by atoms with van der Waals surface area (Å²) in [6.07, 6.45) is 0.704. The lowest BCUT2D eigenvalue weighted by molar-refractivity contribution is -0.136. The average Bonchev–Trinajstić information content (AvgIpc) is 2.29. The van der Waals surface area contributed by atoms with Gasteiger partial charge in [0.15, 0.2) is 0 Å². The molecule has 1 aliphatic rings. The van der Waals surface area contributed by atoms with E-state index in [0.29, 0.717) is 31.3 Å². The Morgan fingerprint density at radius 3 is 2.67 bits per heavy atom. The van der Waals surface area contributed by atoms with Crippen molar-refractivity contribution < 1.29 is 9.53 Å². The van der Waals surface area contributed by atoms with E-state index in [1.807, 2.05) is 25.1 Å². The normalized spacial score (nSPS) is 25.0. The maximum atomic E-state index is 11.0. The van der Waals surface area contributed by atoms with Crippen LogP contribution >= 0.6 is 0 Å². The SMILES string of the molecule is CC1C(=O)CC1COCc1ccccc1. The number of rotatable bonds is 4. The number of hydrogen-bond donors (Lipinski definition) is 0. The molecule has 1 saturated carbocycles. The number of benzene rings is 1. The van der Waals surface area contributed by atoms with Gasteiger partial charge in [-0.3, -0.25) is 4.79 Å². The third-order valence-electron chi connectivity index (χ3n) is 3.12. The molecule has 0 heterocycles. The molecular weight excluding hydrogens is 188 g/mol. The predicted molar refractivity (Wildman–Crippen MR) is 58.4 cm³/mol. The second-order valence-electron chi connectivity index (χ2n) is 4.22. The molecule has 0 N–H and O–H groups in total. The second-order valence-corrected chi connectivity index (χ2v) is 4.22. The molecule has 2 nitrogen and oxygen atoms in total. The van der Waals surface area contributed by atoms with Gasteiger partial charge in [-0.2, -0.15) is 0 Å². The van der Waals surface area contributed by atoms with Crippen LogP contribution in [0.3, 0.4) is 0 Å². The van der Waals surface area contributed by atoms with Crippen molar-refractivity contribution in [2.45, 2.75) is 20.0 Å². The van der Waals surface area contributed by atoms with Gasteiger partial charge in [-0.15, -0.1) is 0 Å². The van der Waals surface area contributed by atoms with E-state index in [-0.39, 0.29) is 5.92 Å². The molecule has 0 spiro atoms. The number of carbonyl (C=O) groups excluding carboxylic acids is 1. The summed E-state index contributed by atoms with van der Waals surface area (Å²) in [6.45, 7) is 3.35. The molecule has 0 radical (unpaired) electrons. The van der Waals surface area contributed by atoms with Crippen LogP contribution in [0.2, 0.25) is 0 Å². The Labute approximate surface area is 90.3 Å². The molecule has 15 heavy (non-hydrogen) atoms. The standard InChI is InChI=1S/C13H16O2/c1-10-12(7-13(10)14)9-15-8-11-5-3-2-4-6-11/h2-6,10,12H,7-9H2,1H3. The van der Waals surface area contributed by atoms with E-state index in [1.54, 1.807) is 0 Å². The van der Waals surface area contributed by atoms with Crippen LogP contribution in [0.1, 0.15) is 18.9 Å². The van der Waals surface area contributed by atoms with Crippen molar-refractivity contribution in [1.82, 2.24) is 0 Å². The van der Waals surface area contributed by atoms with Gasteiger partial charge in [0.1, 0.15) is 5.78 Å². The van der Waals surface area contributed by atoms with Gasteiger partial charge >= 0.3 is 0 Å². The predicted octanol–water partition coefficient (Wildman–Crippen LogP) is 2.43. The molecule has 0 amide bonds. The van der Waals surface area contributed by atoms with Crippen LogP contribution in [0.5, 0.6) is 0 Å². The molecular formula is C13H16O2. The number of ether oxygens (including phenoxy) is 1. The zero-order chi connectivity index (χ0) is 10.7. The van der Waals surface area contributed by atoms with E-state index in [4.69, 9.17) is 4.74 Å². The van der Waals surface area contributed by atoms with Gasteiger partial charge in [-0.1, -0.05) is 37.3 Å². The molecule has 2 unspecified atom stereocenters. The van der Waals surface area contributed by atoms with E-state index in [1.165, 1.54) is 5.56 Å². The first-order valence-electron chi connectivity index (χ1n) is 5.42. The van der Waals surface area contributed by atoms with Gasteiger partial charge in [-0.05, 0) is 11.5 Å². The van der Waals surface area contributed by atoms with Gasteiger partial charge in [0, 0.05) is 12.3 Å². The lowest BCUT2D eigenvalue weighted by Crippen LogP contribution is -2.37. The fraction of sp³-hybridized carbons (Fsp3) is 0.462. The lowest BCUT2D eigenvalue weighted by Gasteiger charge is -2.31. The Hall–Kier alpha value is -1.15. The zero-order valence-electron chi connectivity index (χ0n) is 8.98. The Morgan fingerprint density at radius 1 is 1.33 bits per heavy atom. The number of hydrogen-bond acceptors (Lipinski definition) is 2. The Kier molecular flexibility index (Phi) is 3.17. The molecule has 80 valence electrons. The molecule has 0 saturated heterocycles. The third kappa shape index (κ3) is 2.45. The summed E-state index contributed by atoms with van der Waals surface area (Å²) in [5.74, 6) is 1.03. The summed E-state index contributed by atoms with van der Waals surface area (Å²) in [7, 11) is 0. The Bertz CT molecular complexity index is 332. The van der Waals surface area contributed by atoms with Crippen LogP contribution in [0.25, 0.3) is 0 Å². The van der Waals surface area contributed by atoms with E-state index < -0.39 is 0 Å². The first-order chi connectivity index (χ1) is 7.27. The molecule has 1 fully saturated rings. The van der Waals surface area contributed by atoms with Crippen LogP contribution in [0.4, 0.5) is 0 Å². The maximum Gasteiger partial charge on any atom is 0.136 e. The monoisotopic (exact) mass is 204 g/mol. The van der Waals surface area contributed by atoms with Crippen LogP contribution < -0.4 is 0 Å². The van der Waals surface area contributed by atoms with Crippen LogP contribution in [-0.4, -0.2) is 12.4 Å². The van der Waals surface area contributed by atoms with Gasteiger partial charge in [0.25, 0.3) is 0 Å².